The Morgan fingerprint density at radius 3 is 2.54 bits per heavy atom. The zero-order valence-corrected chi connectivity index (χ0v) is 24.5. The lowest BCUT2D eigenvalue weighted by Crippen LogP contribution is -2.26. The lowest BCUT2D eigenvalue weighted by Gasteiger charge is -2.10. The number of rotatable bonds is 8. The number of carbonyl (C=O) groups is 2. The number of aryl methyl sites for hydroxylation is 1. The number of H-pyrrole nitrogens is 1. The van der Waals surface area contributed by atoms with Gasteiger partial charge in [0.25, 0.3) is 11.8 Å². The number of nitrogens with one attached hydrogen (secondary N) is 3. The maximum Gasteiger partial charge on any atom is 0.256 e. The van der Waals surface area contributed by atoms with E-state index >= 15 is 0 Å². The number of hydrogen-bond donors (Lipinski definition) is 3. The van der Waals surface area contributed by atoms with Crippen LogP contribution < -0.4 is 10.6 Å². The minimum absolute atomic E-state index is 0.0303. The summed E-state index contributed by atoms with van der Waals surface area (Å²) in [5.41, 5.74) is 4.94. The van der Waals surface area contributed by atoms with Crippen molar-refractivity contribution in [2.24, 2.45) is 0 Å². The number of sulfone groups is 1. The second-order valence-corrected chi connectivity index (χ2v) is 12.5. The molecule has 0 unspecified atom stereocenters. The van der Waals surface area contributed by atoms with Gasteiger partial charge in [-0.05, 0) is 73.9 Å². The smallest absolute Gasteiger partial charge is 0.256 e. The van der Waals surface area contributed by atoms with Crippen molar-refractivity contribution in [2.45, 2.75) is 30.9 Å². The fourth-order valence-electron chi connectivity index (χ4n) is 4.81. The molecule has 3 N–H and O–H groups in total. The Kier molecular flexibility index (Phi) is 8.04. The highest BCUT2D eigenvalue weighted by atomic mass is 35.5. The third-order valence-corrected chi connectivity index (χ3v) is 9.29. The van der Waals surface area contributed by atoms with Gasteiger partial charge in [-0.2, -0.15) is 0 Å². The van der Waals surface area contributed by atoms with Gasteiger partial charge in [-0.1, -0.05) is 35.3 Å². The van der Waals surface area contributed by atoms with Gasteiger partial charge in [-0.3, -0.25) is 14.6 Å². The van der Waals surface area contributed by atoms with Crippen LogP contribution >= 0.6 is 23.2 Å². The summed E-state index contributed by atoms with van der Waals surface area (Å²) in [6.45, 7) is 4.03. The zero-order valence-electron chi connectivity index (χ0n) is 22.2. The third kappa shape index (κ3) is 5.93. The molecule has 1 aliphatic heterocycles. The van der Waals surface area contributed by atoms with Crippen LogP contribution in [0.1, 0.15) is 44.0 Å². The summed E-state index contributed by atoms with van der Waals surface area (Å²) < 4.78 is 26.6. The summed E-state index contributed by atoms with van der Waals surface area (Å²) in [5, 5.41) is 6.24. The van der Waals surface area contributed by atoms with Crippen LogP contribution in [0.4, 0.5) is 5.69 Å². The monoisotopic (exact) mass is 608 g/mol. The number of nitrogens with zero attached hydrogens (tertiary/aromatic N) is 1. The molecule has 0 fully saturated rings. The molecule has 0 bridgehead atoms. The van der Waals surface area contributed by atoms with Gasteiger partial charge in [0.2, 0.25) is 0 Å². The third-order valence-electron chi connectivity index (χ3n) is 6.94. The normalized spacial score (nSPS) is 13.8. The standard InChI is InChI=1S/C30H26Cl2N4O4S/c1-17-27(35-18(2)28(17)30(38)34-12-10-19-5-4-11-33-15-19)14-22-21-13-20(8-9-26(21)36-29(22)37)41(39,40)16-23-24(31)6-3-7-25(23)32/h3-9,11,13-15,35H,10,12,16H2,1-2H3,(H,34,38)(H,36,37). The van der Waals surface area contributed by atoms with Crippen molar-refractivity contribution in [3.05, 3.63) is 110 Å². The molecule has 5 rings (SSSR count). The van der Waals surface area contributed by atoms with Crippen LogP contribution in [0.15, 0.2) is 65.8 Å². The van der Waals surface area contributed by atoms with E-state index in [0.717, 1.165) is 5.56 Å². The van der Waals surface area contributed by atoms with Crippen molar-refractivity contribution in [1.82, 2.24) is 15.3 Å². The second-order valence-electron chi connectivity index (χ2n) is 9.71. The Labute approximate surface area is 247 Å². The number of carbonyl (C=O) groups excluding carboxylic acids is 2. The fourth-order valence-corrected chi connectivity index (χ4v) is 6.93. The molecule has 2 aromatic carbocycles. The van der Waals surface area contributed by atoms with Crippen molar-refractivity contribution in [3.8, 4) is 0 Å². The van der Waals surface area contributed by atoms with Gasteiger partial charge in [0.05, 0.1) is 21.8 Å². The van der Waals surface area contributed by atoms with Gasteiger partial charge in [0.1, 0.15) is 0 Å². The number of aromatic nitrogens is 2. The predicted octanol–water partition coefficient (Wildman–Crippen LogP) is 5.77. The summed E-state index contributed by atoms with van der Waals surface area (Å²) in [4.78, 5) is 33.3. The van der Waals surface area contributed by atoms with Crippen LogP contribution in [0.2, 0.25) is 10.0 Å². The lowest BCUT2D eigenvalue weighted by molar-refractivity contribution is -0.110. The largest absolute Gasteiger partial charge is 0.358 e. The lowest BCUT2D eigenvalue weighted by atomic mass is 10.0. The van der Waals surface area contributed by atoms with Crippen LogP contribution in [0.5, 0.6) is 0 Å². The molecular formula is C30H26Cl2N4O4S. The van der Waals surface area contributed by atoms with Gasteiger partial charge < -0.3 is 15.6 Å². The van der Waals surface area contributed by atoms with Crippen LogP contribution in [0, 0.1) is 13.8 Å². The molecule has 2 amide bonds. The predicted molar refractivity (Wildman–Crippen MR) is 161 cm³/mol. The molecule has 41 heavy (non-hydrogen) atoms. The average Bonchev–Trinajstić information content (AvgIpc) is 3.40. The Morgan fingerprint density at radius 1 is 1.07 bits per heavy atom. The van der Waals surface area contributed by atoms with Crippen LogP contribution in [-0.4, -0.2) is 36.7 Å². The summed E-state index contributed by atoms with van der Waals surface area (Å²) in [5.74, 6) is -0.996. The van der Waals surface area contributed by atoms with E-state index in [1.165, 1.54) is 12.1 Å². The Morgan fingerprint density at radius 2 is 1.83 bits per heavy atom. The van der Waals surface area contributed by atoms with Gasteiger partial charge in [-0.25, -0.2) is 8.42 Å². The van der Waals surface area contributed by atoms with Crippen molar-refractivity contribution >= 4 is 62.2 Å². The average molecular weight is 610 g/mol. The number of amides is 2. The minimum Gasteiger partial charge on any atom is -0.358 e. The molecule has 3 heterocycles. The highest BCUT2D eigenvalue weighted by Crippen LogP contribution is 2.37. The summed E-state index contributed by atoms with van der Waals surface area (Å²) >= 11 is 12.4. The van der Waals surface area contributed by atoms with E-state index in [1.54, 1.807) is 56.6 Å². The van der Waals surface area contributed by atoms with Gasteiger partial charge in [0.15, 0.2) is 9.84 Å². The number of aromatic amines is 1. The van der Waals surface area contributed by atoms with E-state index < -0.39 is 9.84 Å². The molecule has 4 aromatic rings. The van der Waals surface area contributed by atoms with Crippen LogP contribution in [0.25, 0.3) is 11.6 Å². The first-order valence-electron chi connectivity index (χ1n) is 12.7. The van der Waals surface area contributed by atoms with E-state index in [2.05, 4.69) is 20.6 Å². The Bertz CT molecular complexity index is 1800. The van der Waals surface area contributed by atoms with Crippen molar-refractivity contribution in [2.75, 3.05) is 11.9 Å². The van der Waals surface area contributed by atoms with Gasteiger partial charge in [-0.15, -0.1) is 0 Å². The molecule has 1 aliphatic rings. The molecule has 2 aromatic heterocycles. The van der Waals surface area contributed by atoms with E-state index in [0.29, 0.717) is 52.3 Å². The maximum atomic E-state index is 13.3. The second kappa shape index (κ2) is 11.5. The summed E-state index contributed by atoms with van der Waals surface area (Å²) in [7, 11) is -3.84. The first-order valence-corrected chi connectivity index (χ1v) is 15.2. The molecular weight excluding hydrogens is 583 g/mol. The maximum absolute atomic E-state index is 13.3. The Hall–Kier alpha value is -3.92. The minimum atomic E-state index is -3.84. The molecule has 0 radical (unpaired) electrons. The van der Waals surface area contributed by atoms with Crippen LogP contribution in [0.3, 0.4) is 0 Å². The molecule has 0 spiro atoms. The van der Waals surface area contributed by atoms with E-state index in [1.807, 2.05) is 12.1 Å². The number of pyridine rings is 1. The fraction of sp³-hybridized carbons (Fsp3) is 0.167. The number of hydrogen-bond acceptors (Lipinski definition) is 5. The Balaban J connectivity index is 1.41. The SMILES string of the molecule is Cc1[nH]c(C=C2C(=O)Nc3ccc(S(=O)(=O)Cc4c(Cl)cccc4Cl)cc32)c(C)c1C(=O)NCCc1cccnc1. The van der Waals surface area contributed by atoms with E-state index in [9.17, 15) is 18.0 Å². The van der Waals surface area contributed by atoms with Crippen molar-refractivity contribution in [3.63, 3.8) is 0 Å². The number of benzene rings is 2. The summed E-state index contributed by atoms with van der Waals surface area (Å²) in [6, 6.07) is 13.1. The summed E-state index contributed by atoms with van der Waals surface area (Å²) in [6.07, 6.45) is 5.74. The van der Waals surface area contributed by atoms with E-state index in [-0.39, 0.29) is 38.1 Å². The molecule has 8 nitrogen and oxygen atoms in total. The zero-order chi connectivity index (χ0) is 29.3. The van der Waals surface area contributed by atoms with Crippen molar-refractivity contribution in [1.29, 1.82) is 0 Å². The van der Waals surface area contributed by atoms with E-state index in [4.69, 9.17) is 23.2 Å². The van der Waals surface area contributed by atoms with Crippen LogP contribution in [-0.2, 0) is 26.8 Å². The molecule has 0 atom stereocenters. The molecule has 210 valence electrons. The topological polar surface area (TPSA) is 121 Å². The number of halogens is 2. The first kappa shape index (κ1) is 28.6. The highest BCUT2D eigenvalue weighted by Gasteiger charge is 2.28. The van der Waals surface area contributed by atoms with Gasteiger partial charge >= 0.3 is 0 Å². The number of anilines is 1. The molecule has 0 saturated heterocycles. The van der Waals surface area contributed by atoms with Crippen molar-refractivity contribution < 1.29 is 18.0 Å². The first-order chi connectivity index (χ1) is 19.5. The molecule has 11 heteroatoms. The number of fused-ring (bicyclic) bond motifs is 1. The van der Waals surface area contributed by atoms with Gasteiger partial charge in [0, 0.05) is 57.2 Å². The highest BCUT2D eigenvalue weighted by molar-refractivity contribution is 7.90. The molecule has 0 saturated carbocycles. The molecule has 0 aliphatic carbocycles. The quantitative estimate of drug-likeness (QED) is 0.219.